The van der Waals surface area contributed by atoms with Gasteiger partial charge in [-0.3, -0.25) is 9.69 Å². The van der Waals surface area contributed by atoms with E-state index in [9.17, 15) is 4.79 Å². The molecule has 17 heavy (non-hydrogen) atoms. The van der Waals surface area contributed by atoms with E-state index in [1.165, 1.54) is 12.8 Å². The number of amides is 1. The van der Waals surface area contributed by atoms with Crippen LogP contribution in [0, 0.1) is 0 Å². The van der Waals surface area contributed by atoms with E-state index in [2.05, 4.69) is 16.7 Å². The predicted molar refractivity (Wildman–Crippen MR) is 68.7 cm³/mol. The summed E-state index contributed by atoms with van der Waals surface area (Å²) in [6.45, 7) is 5.71. The molecule has 0 spiro atoms. The molecule has 2 heterocycles. The molecule has 2 saturated heterocycles. The molecule has 0 radical (unpaired) electrons. The maximum Gasteiger partial charge on any atom is 0.236 e. The Balaban J connectivity index is 1.80. The molecular weight excluding hydrogens is 214 g/mol. The summed E-state index contributed by atoms with van der Waals surface area (Å²) in [7, 11) is 0. The molecule has 4 nitrogen and oxygen atoms in total. The van der Waals surface area contributed by atoms with Crippen LogP contribution >= 0.6 is 0 Å². The molecule has 2 N–H and O–H groups in total. The molecule has 1 amide bonds. The third kappa shape index (κ3) is 3.19. The average Bonchev–Trinajstić information content (AvgIpc) is 2.80. The SMILES string of the molecule is CCC1CCCN1C(=O)CN1CCC(N)CC1. The van der Waals surface area contributed by atoms with Crippen molar-refractivity contribution in [1.29, 1.82) is 0 Å². The highest BCUT2D eigenvalue weighted by Crippen LogP contribution is 2.20. The summed E-state index contributed by atoms with van der Waals surface area (Å²) in [6.07, 6.45) is 5.52. The number of hydrogen-bond acceptors (Lipinski definition) is 3. The second kappa shape index (κ2) is 5.83. The van der Waals surface area contributed by atoms with Gasteiger partial charge >= 0.3 is 0 Å². The Kier molecular flexibility index (Phi) is 4.40. The van der Waals surface area contributed by atoms with Gasteiger partial charge in [0.25, 0.3) is 0 Å². The first kappa shape index (κ1) is 12.8. The third-order valence-corrected chi connectivity index (χ3v) is 4.16. The molecule has 2 rings (SSSR count). The van der Waals surface area contributed by atoms with Crippen LogP contribution < -0.4 is 5.73 Å². The Morgan fingerprint density at radius 3 is 2.59 bits per heavy atom. The molecule has 2 aliphatic rings. The summed E-state index contributed by atoms with van der Waals surface area (Å²) < 4.78 is 0. The van der Waals surface area contributed by atoms with Gasteiger partial charge in [-0.1, -0.05) is 6.92 Å². The lowest BCUT2D eigenvalue weighted by Gasteiger charge is -2.32. The number of rotatable bonds is 3. The standard InChI is InChI=1S/C13H25N3O/c1-2-12-4-3-7-16(12)13(17)10-15-8-5-11(14)6-9-15/h11-12H,2-10,14H2,1H3. The largest absolute Gasteiger partial charge is 0.339 e. The topological polar surface area (TPSA) is 49.6 Å². The van der Waals surface area contributed by atoms with E-state index in [0.29, 0.717) is 24.5 Å². The fourth-order valence-corrected chi connectivity index (χ4v) is 2.98. The smallest absolute Gasteiger partial charge is 0.236 e. The fraction of sp³-hybridized carbons (Fsp3) is 0.923. The van der Waals surface area contributed by atoms with Gasteiger partial charge < -0.3 is 10.6 Å². The maximum atomic E-state index is 12.2. The molecule has 0 aliphatic carbocycles. The highest BCUT2D eigenvalue weighted by atomic mass is 16.2. The van der Waals surface area contributed by atoms with Crippen molar-refractivity contribution in [2.75, 3.05) is 26.2 Å². The van der Waals surface area contributed by atoms with Gasteiger partial charge in [0.15, 0.2) is 0 Å². The minimum absolute atomic E-state index is 0.324. The van der Waals surface area contributed by atoms with Crippen molar-refractivity contribution in [3.63, 3.8) is 0 Å². The third-order valence-electron chi connectivity index (χ3n) is 4.16. The van der Waals surface area contributed by atoms with Crippen molar-refractivity contribution >= 4 is 5.91 Å². The molecule has 0 aromatic heterocycles. The van der Waals surface area contributed by atoms with E-state index in [-0.39, 0.29) is 0 Å². The summed E-state index contributed by atoms with van der Waals surface area (Å²) in [5, 5.41) is 0. The minimum Gasteiger partial charge on any atom is -0.339 e. The van der Waals surface area contributed by atoms with Gasteiger partial charge in [-0.15, -0.1) is 0 Å². The summed E-state index contributed by atoms with van der Waals surface area (Å²) in [4.78, 5) is 16.6. The van der Waals surface area contributed by atoms with Gasteiger partial charge in [0.2, 0.25) is 5.91 Å². The van der Waals surface area contributed by atoms with Crippen LogP contribution in [0.15, 0.2) is 0 Å². The van der Waals surface area contributed by atoms with E-state index < -0.39 is 0 Å². The van der Waals surface area contributed by atoms with E-state index in [4.69, 9.17) is 5.73 Å². The van der Waals surface area contributed by atoms with Crippen LogP contribution in [0.3, 0.4) is 0 Å². The number of hydrogen-bond donors (Lipinski definition) is 1. The first-order valence-electron chi connectivity index (χ1n) is 6.98. The van der Waals surface area contributed by atoms with Crippen molar-refractivity contribution < 1.29 is 4.79 Å². The predicted octanol–water partition coefficient (Wildman–Crippen LogP) is 0.811. The average molecular weight is 239 g/mol. The summed E-state index contributed by atoms with van der Waals surface area (Å²) in [5.74, 6) is 0.324. The quantitative estimate of drug-likeness (QED) is 0.793. The number of carbonyl (C=O) groups excluding carboxylic acids is 1. The van der Waals surface area contributed by atoms with Crippen molar-refractivity contribution in [3.05, 3.63) is 0 Å². The molecular formula is C13H25N3O. The summed E-state index contributed by atoms with van der Waals surface area (Å²) >= 11 is 0. The van der Waals surface area contributed by atoms with Gasteiger partial charge in [-0.2, -0.15) is 0 Å². The highest BCUT2D eigenvalue weighted by molar-refractivity contribution is 5.78. The zero-order valence-corrected chi connectivity index (χ0v) is 10.9. The van der Waals surface area contributed by atoms with Crippen LogP contribution in [-0.4, -0.2) is 54.0 Å². The Morgan fingerprint density at radius 1 is 1.24 bits per heavy atom. The molecule has 0 aromatic rings. The lowest BCUT2D eigenvalue weighted by molar-refractivity contribution is -0.133. The maximum absolute atomic E-state index is 12.2. The Labute approximate surface area is 104 Å². The Bertz CT molecular complexity index is 261. The highest BCUT2D eigenvalue weighted by Gasteiger charge is 2.28. The second-order valence-electron chi connectivity index (χ2n) is 5.41. The van der Waals surface area contributed by atoms with E-state index in [1.54, 1.807) is 0 Å². The number of likely N-dealkylation sites (tertiary alicyclic amines) is 2. The van der Waals surface area contributed by atoms with Crippen LogP contribution in [0.25, 0.3) is 0 Å². The zero-order valence-electron chi connectivity index (χ0n) is 10.9. The van der Waals surface area contributed by atoms with Crippen molar-refractivity contribution in [2.45, 2.75) is 51.1 Å². The lowest BCUT2D eigenvalue weighted by Crippen LogP contribution is -2.46. The molecule has 0 saturated carbocycles. The molecule has 1 atom stereocenters. The van der Waals surface area contributed by atoms with Crippen LogP contribution in [0.5, 0.6) is 0 Å². The first-order chi connectivity index (χ1) is 8.20. The summed E-state index contributed by atoms with van der Waals surface area (Å²) in [5.41, 5.74) is 5.87. The Hall–Kier alpha value is -0.610. The molecule has 98 valence electrons. The Morgan fingerprint density at radius 2 is 1.94 bits per heavy atom. The van der Waals surface area contributed by atoms with Gasteiger partial charge in [-0.25, -0.2) is 0 Å². The zero-order chi connectivity index (χ0) is 12.3. The van der Waals surface area contributed by atoms with Crippen molar-refractivity contribution in [1.82, 2.24) is 9.80 Å². The number of piperidine rings is 1. The normalized spacial score (nSPS) is 27.6. The van der Waals surface area contributed by atoms with E-state index >= 15 is 0 Å². The van der Waals surface area contributed by atoms with E-state index in [0.717, 1.165) is 38.9 Å². The van der Waals surface area contributed by atoms with Gasteiger partial charge in [0.05, 0.1) is 6.54 Å². The molecule has 2 fully saturated rings. The van der Waals surface area contributed by atoms with Gasteiger partial charge in [-0.05, 0) is 32.1 Å². The number of nitrogens with zero attached hydrogens (tertiary/aromatic N) is 2. The van der Waals surface area contributed by atoms with Gasteiger partial charge in [0.1, 0.15) is 0 Å². The molecule has 4 heteroatoms. The van der Waals surface area contributed by atoms with Crippen LogP contribution in [-0.2, 0) is 4.79 Å². The second-order valence-corrected chi connectivity index (χ2v) is 5.41. The van der Waals surface area contributed by atoms with Crippen LogP contribution in [0.2, 0.25) is 0 Å². The minimum atomic E-state index is 0.324. The number of nitrogens with two attached hydrogens (primary N) is 1. The first-order valence-corrected chi connectivity index (χ1v) is 6.98. The molecule has 0 bridgehead atoms. The molecule has 1 unspecified atom stereocenters. The van der Waals surface area contributed by atoms with E-state index in [1.807, 2.05) is 0 Å². The van der Waals surface area contributed by atoms with Crippen molar-refractivity contribution in [2.24, 2.45) is 5.73 Å². The van der Waals surface area contributed by atoms with Crippen LogP contribution in [0.4, 0.5) is 0 Å². The lowest BCUT2D eigenvalue weighted by atomic mass is 10.1. The number of carbonyl (C=O) groups is 1. The van der Waals surface area contributed by atoms with Crippen LogP contribution in [0.1, 0.15) is 39.0 Å². The van der Waals surface area contributed by atoms with Crippen molar-refractivity contribution in [3.8, 4) is 0 Å². The summed E-state index contributed by atoms with van der Waals surface area (Å²) in [6, 6.07) is 0.839. The fourth-order valence-electron chi connectivity index (χ4n) is 2.98. The monoisotopic (exact) mass is 239 g/mol. The molecule has 0 aromatic carbocycles. The molecule has 2 aliphatic heterocycles. The van der Waals surface area contributed by atoms with Gasteiger partial charge in [0, 0.05) is 31.7 Å².